The monoisotopic (exact) mass is 324 g/mol. The van der Waals surface area contributed by atoms with Gasteiger partial charge in [0.2, 0.25) is 5.91 Å². The summed E-state index contributed by atoms with van der Waals surface area (Å²) >= 11 is 5.80. The number of hydrogen-bond acceptors (Lipinski definition) is 4. The first-order chi connectivity index (χ1) is 10.5. The summed E-state index contributed by atoms with van der Waals surface area (Å²) in [5.41, 5.74) is 5.47. The second-order valence-corrected chi connectivity index (χ2v) is 5.42. The van der Waals surface area contributed by atoms with Crippen molar-refractivity contribution in [1.29, 1.82) is 0 Å². The van der Waals surface area contributed by atoms with Gasteiger partial charge in [0.1, 0.15) is 0 Å². The maximum Gasteiger partial charge on any atom is 0.318 e. The van der Waals surface area contributed by atoms with Crippen molar-refractivity contribution in [2.45, 2.75) is 0 Å². The lowest BCUT2D eigenvalue weighted by molar-refractivity contribution is -0.121. The van der Waals surface area contributed by atoms with Gasteiger partial charge in [-0.25, -0.2) is 4.79 Å². The summed E-state index contributed by atoms with van der Waals surface area (Å²) in [5.74, 6) is -0.497. The zero-order valence-electron chi connectivity index (χ0n) is 11.9. The van der Waals surface area contributed by atoms with E-state index < -0.39 is 11.9 Å². The first-order valence-corrected chi connectivity index (χ1v) is 7.20. The average Bonchev–Trinajstić information content (AvgIpc) is 2.47. The first-order valence-electron chi connectivity index (χ1n) is 6.82. The Balaban J connectivity index is 1.84. The van der Waals surface area contributed by atoms with Gasteiger partial charge < -0.3 is 10.6 Å². The van der Waals surface area contributed by atoms with Crippen molar-refractivity contribution in [2.75, 3.05) is 32.7 Å². The van der Waals surface area contributed by atoms with E-state index in [9.17, 15) is 14.4 Å². The summed E-state index contributed by atoms with van der Waals surface area (Å²) in [6.07, 6.45) is 0. The van der Waals surface area contributed by atoms with Crippen LogP contribution in [0.3, 0.4) is 0 Å². The molecule has 0 unspecified atom stereocenters. The molecule has 8 heteroatoms. The molecule has 1 heterocycles. The first kappa shape index (κ1) is 16.3. The molecule has 1 aromatic rings. The number of primary amides is 1. The van der Waals surface area contributed by atoms with E-state index in [1.54, 1.807) is 29.2 Å². The summed E-state index contributed by atoms with van der Waals surface area (Å²) in [4.78, 5) is 37.9. The number of nitrogens with one attached hydrogen (secondary N) is 1. The summed E-state index contributed by atoms with van der Waals surface area (Å²) in [7, 11) is 0. The van der Waals surface area contributed by atoms with E-state index >= 15 is 0 Å². The van der Waals surface area contributed by atoms with Gasteiger partial charge in [0, 0.05) is 36.8 Å². The zero-order valence-corrected chi connectivity index (χ0v) is 12.7. The van der Waals surface area contributed by atoms with E-state index in [4.69, 9.17) is 17.3 Å². The molecule has 118 valence electrons. The Morgan fingerprint density at radius 1 is 1.09 bits per heavy atom. The maximum absolute atomic E-state index is 12.3. The number of rotatable bonds is 3. The highest BCUT2D eigenvalue weighted by Crippen LogP contribution is 2.13. The Labute approximate surface area is 133 Å². The van der Waals surface area contributed by atoms with Gasteiger partial charge >= 0.3 is 6.03 Å². The molecular weight excluding hydrogens is 308 g/mol. The lowest BCUT2D eigenvalue weighted by Crippen LogP contribution is -2.51. The molecule has 0 aliphatic carbocycles. The SMILES string of the molecule is NC(=O)NC(=O)CN1CCN(C(=O)c2ccc(Cl)cc2)CC1. The van der Waals surface area contributed by atoms with Crippen LogP contribution in [0.4, 0.5) is 4.79 Å². The quantitative estimate of drug-likeness (QED) is 0.835. The van der Waals surface area contributed by atoms with Crippen LogP contribution in [-0.2, 0) is 4.79 Å². The number of amides is 4. The molecule has 0 saturated carbocycles. The van der Waals surface area contributed by atoms with Crippen LogP contribution in [0.25, 0.3) is 0 Å². The second kappa shape index (κ2) is 7.24. The van der Waals surface area contributed by atoms with Gasteiger partial charge in [0.05, 0.1) is 6.54 Å². The molecule has 3 N–H and O–H groups in total. The lowest BCUT2D eigenvalue weighted by atomic mass is 10.2. The largest absolute Gasteiger partial charge is 0.351 e. The fourth-order valence-corrected chi connectivity index (χ4v) is 2.39. The topological polar surface area (TPSA) is 95.7 Å². The van der Waals surface area contributed by atoms with Crippen LogP contribution >= 0.6 is 11.6 Å². The van der Waals surface area contributed by atoms with Gasteiger partial charge in [-0.3, -0.25) is 19.8 Å². The van der Waals surface area contributed by atoms with Crippen LogP contribution < -0.4 is 11.1 Å². The Morgan fingerprint density at radius 3 is 2.23 bits per heavy atom. The summed E-state index contributed by atoms with van der Waals surface area (Å²) in [6, 6.07) is 5.88. The van der Waals surface area contributed by atoms with Crippen LogP contribution in [0, 0.1) is 0 Å². The number of urea groups is 1. The fourth-order valence-electron chi connectivity index (χ4n) is 2.26. The molecule has 1 aliphatic heterocycles. The van der Waals surface area contributed by atoms with Crippen LogP contribution in [0.15, 0.2) is 24.3 Å². The molecule has 7 nitrogen and oxygen atoms in total. The third-order valence-electron chi connectivity index (χ3n) is 3.38. The molecule has 0 aromatic heterocycles. The average molecular weight is 325 g/mol. The molecular formula is C14H17ClN4O3. The molecule has 22 heavy (non-hydrogen) atoms. The Kier molecular flexibility index (Phi) is 5.35. The minimum Gasteiger partial charge on any atom is -0.351 e. The van der Waals surface area contributed by atoms with Crippen LogP contribution in [0.2, 0.25) is 5.02 Å². The number of hydrogen-bond donors (Lipinski definition) is 2. The van der Waals surface area contributed by atoms with Gasteiger partial charge in [-0.05, 0) is 24.3 Å². The maximum atomic E-state index is 12.3. The molecule has 1 fully saturated rings. The molecule has 1 saturated heterocycles. The Morgan fingerprint density at radius 2 is 1.68 bits per heavy atom. The van der Waals surface area contributed by atoms with Crippen molar-refractivity contribution in [3.8, 4) is 0 Å². The van der Waals surface area contributed by atoms with E-state index in [1.807, 2.05) is 10.2 Å². The number of nitrogens with two attached hydrogens (primary N) is 1. The number of nitrogens with zero attached hydrogens (tertiary/aromatic N) is 2. The van der Waals surface area contributed by atoms with Crippen molar-refractivity contribution >= 4 is 29.4 Å². The number of halogens is 1. The summed E-state index contributed by atoms with van der Waals surface area (Å²) < 4.78 is 0. The number of benzene rings is 1. The smallest absolute Gasteiger partial charge is 0.318 e. The number of carbonyl (C=O) groups excluding carboxylic acids is 3. The van der Waals surface area contributed by atoms with E-state index in [-0.39, 0.29) is 12.5 Å². The number of piperazine rings is 1. The molecule has 4 amide bonds. The molecule has 0 bridgehead atoms. The standard InChI is InChI=1S/C14H17ClN4O3/c15-11-3-1-10(2-4-11)13(21)19-7-5-18(6-8-19)9-12(20)17-14(16)22/h1-4H,5-9H2,(H3,16,17,20,22). The van der Waals surface area contributed by atoms with Gasteiger partial charge in [0.15, 0.2) is 0 Å². The van der Waals surface area contributed by atoms with Crippen LogP contribution in [-0.4, -0.2) is 60.4 Å². The normalized spacial score (nSPS) is 15.4. The molecule has 0 spiro atoms. The third-order valence-corrected chi connectivity index (χ3v) is 3.63. The van der Waals surface area contributed by atoms with E-state index in [0.717, 1.165) is 0 Å². The number of carbonyl (C=O) groups is 3. The molecule has 0 atom stereocenters. The van der Waals surface area contributed by atoms with Gasteiger partial charge in [-0.2, -0.15) is 0 Å². The highest BCUT2D eigenvalue weighted by Gasteiger charge is 2.23. The number of imide groups is 1. The van der Waals surface area contributed by atoms with Crippen molar-refractivity contribution < 1.29 is 14.4 Å². The Hall–Kier alpha value is -2.12. The van der Waals surface area contributed by atoms with E-state index in [0.29, 0.717) is 36.8 Å². The van der Waals surface area contributed by atoms with E-state index in [1.165, 1.54) is 0 Å². The Bertz CT molecular complexity index is 568. The van der Waals surface area contributed by atoms with Gasteiger partial charge in [-0.1, -0.05) is 11.6 Å². The minimum atomic E-state index is -0.860. The summed E-state index contributed by atoms with van der Waals surface area (Å²) in [5, 5.41) is 2.61. The van der Waals surface area contributed by atoms with Crippen molar-refractivity contribution in [3.05, 3.63) is 34.9 Å². The van der Waals surface area contributed by atoms with Crippen LogP contribution in [0.1, 0.15) is 10.4 Å². The summed E-state index contributed by atoms with van der Waals surface area (Å²) in [6.45, 7) is 2.25. The van der Waals surface area contributed by atoms with Crippen molar-refractivity contribution in [2.24, 2.45) is 5.73 Å². The highest BCUT2D eigenvalue weighted by molar-refractivity contribution is 6.30. The fraction of sp³-hybridized carbons (Fsp3) is 0.357. The second-order valence-electron chi connectivity index (χ2n) is 4.99. The molecule has 2 rings (SSSR count). The highest BCUT2D eigenvalue weighted by atomic mass is 35.5. The predicted octanol–water partition coefficient (Wildman–Crippen LogP) is 0.293. The molecule has 1 aromatic carbocycles. The van der Waals surface area contributed by atoms with Crippen molar-refractivity contribution in [1.82, 2.24) is 15.1 Å². The third kappa shape index (κ3) is 4.44. The lowest BCUT2D eigenvalue weighted by Gasteiger charge is -2.34. The predicted molar refractivity (Wildman–Crippen MR) is 81.5 cm³/mol. The van der Waals surface area contributed by atoms with Gasteiger partial charge in [-0.15, -0.1) is 0 Å². The van der Waals surface area contributed by atoms with E-state index in [2.05, 4.69) is 0 Å². The van der Waals surface area contributed by atoms with Crippen LogP contribution in [0.5, 0.6) is 0 Å². The minimum absolute atomic E-state index is 0.0575. The molecule has 0 radical (unpaired) electrons. The van der Waals surface area contributed by atoms with Gasteiger partial charge in [0.25, 0.3) is 5.91 Å². The molecule has 1 aliphatic rings. The zero-order chi connectivity index (χ0) is 16.1. The van der Waals surface area contributed by atoms with Crippen molar-refractivity contribution in [3.63, 3.8) is 0 Å².